The summed E-state index contributed by atoms with van der Waals surface area (Å²) in [7, 11) is 0. The number of nitrogens with two attached hydrogens (primary N) is 1. The molecule has 0 radical (unpaired) electrons. The lowest BCUT2D eigenvalue weighted by molar-refractivity contribution is 0.0693. The van der Waals surface area contributed by atoms with Crippen molar-refractivity contribution in [2.75, 3.05) is 26.2 Å². The lowest BCUT2D eigenvalue weighted by Crippen LogP contribution is -2.55. The maximum Gasteiger partial charge on any atom is 0.0217 e. The fraction of sp³-hybridized carbons (Fsp3) is 1.00. The van der Waals surface area contributed by atoms with Crippen molar-refractivity contribution in [1.82, 2.24) is 9.80 Å². The molecule has 94 valence electrons. The lowest BCUT2D eigenvalue weighted by atomic mass is 10.1. The van der Waals surface area contributed by atoms with Gasteiger partial charge in [0, 0.05) is 44.3 Å². The first-order valence-electron chi connectivity index (χ1n) is 6.92. The second-order valence-corrected chi connectivity index (χ2v) is 5.61. The van der Waals surface area contributed by atoms with Crippen LogP contribution >= 0.6 is 0 Å². The molecule has 3 heteroatoms. The molecule has 0 aromatic heterocycles. The van der Waals surface area contributed by atoms with Gasteiger partial charge in [0.05, 0.1) is 0 Å². The minimum Gasteiger partial charge on any atom is -0.327 e. The van der Waals surface area contributed by atoms with Crippen LogP contribution < -0.4 is 5.73 Å². The molecule has 0 aromatic rings. The van der Waals surface area contributed by atoms with E-state index < -0.39 is 0 Å². The van der Waals surface area contributed by atoms with Gasteiger partial charge in [-0.05, 0) is 26.7 Å². The van der Waals surface area contributed by atoms with Crippen molar-refractivity contribution in [3.8, 4) is 0 Å². The highest BCUT2D eigenvalue weighted by Gasteiger charge is 2.28. The number of piperazine rings is 1. The largest absolute Gasteiger partial charge is 0.327 e. The molecule has 2 aliphatic rings. The van der Waals surface area contributed by atoms with Gasteiger partial charge in [-0.3, -0.25) is 9.80 Å². The van der Waals surface area contributed by atoms with Crippen LogP contribution in [0.25, 0.3) is 0 Å². The first-order valence-corrected chi connectivity index (χ1v) is 6.92. The van der Waals surface area contributed by atoms with Gasteiger partial charge < -0.3 is 5.73 Å². The van der Waals surface area contributed by atoms with E-state index in [0.717, 1.165) is 6.04 Å². The van der Waals surface area contributed by atoms with Crippen LogP contribution in [0.2, 0.25) is 0 Å². The Hall–Kier alpha value is -0.120. The molecule has 3 nitrogen and oxygen atoms in total. The molecule has 2 rings (SSSR count). The smallest absolute Gasteiger partial charge is 0.0217 e. The maximum atomic E-state index is 5.97. The number of nitrogens with zero attached hydrogens (tertiary/aromatic N) is 2. The maximum absolute atomic E-state index is 5.97. The number of hydrogen-bond acceptors (Lipinski definition) is 3. The minimum absolute atomic E-state index is 0.290. The van der Waals surface area contributed by atoms with E-state index in [9.17, 15) is 0 Å². The molecule has 2 unspecified atom stereocenters. The second-order valence-electron chi connectivity index (χ2n) is 5.61. The molecule has 1 saturated heterocycles. The first kappa shape index (κ1) is 12.3. The summed E-state index contributed by atoms with van der Waals surface area (Å²) in [6, 6.07) is 1.72. The second kappa shape index (κ2) is 5.48. The van der Waals surface area contributed by atoms with E-state index in [2.05, 4.69) is 23.6 Å². The predicted molar refractivity (Wildman–Crippen MR) is 68.5 cm³/mol. The summed E-state index contributed by atoms with van der Waals surface area (Å²) in [6.45, 7) is 9.30. The summed E-state index contributed by atoms with van der Waals surface area (Å²) in [5.41, 5.74) is 5.97. The molecule has 2 atom stereocenters. The van der Waals surface area contributed by atoms with Gasteiger partial charge in [0.25, 0.3) is 0 Å². The molecule has 0 amide bonds. The molecule has 16 heavy (non-hydrogen) atoms. The van der Waals surface area contributed by atoms with Crippen LogP contribution in [0.15, 0.2) is 0 Å². The van der Waals surface area contributed by atoms with Crippen molar-refractivity contribution in [2.24, 2.45) is 5.73 Å². The molecular weight excluding hydrogens is 198 g/mol. The van der Waals surface area contributed by atoms with E-state index in [1.165, 1.54) is 51.9 Å². The molecule has 1 aliphatic carbocycles. The minimum atomic E-state index is 0.290. The van der Waals surface area contributed by atoms with Crippen molar-refractivity contribution in [3.63, 3.8) is 0 Å². The van der Waals surface area contributed by atoms with Crippen molar-refractivity contribution in [2.45, 2.75) is 57.7 Å². The van der Waals surface area contributed by atoms with Gasteiger partial charge in [0.1, 0.15) is 0 Å². The van der Waals surface area contributed by atoms with Crippen molar-refractivity contribution < 1.29 is 0 Å². The molecule has 0 aromatic carbocycles. The van der Waals surface area contributed by atoms with Crippen LogP contribution in [0.3, 0.4) is 0 Å². The quantitative estimate of drug-likeness (QED) is 0.785. The molecule has 0 bridgehead atoms. The highest BCUT2D eigenvalue weighted by molar-refractivity contribution is 4.85. The average molecular weight is 225 g/mol. The van der Waals surface area contributed by atoms with Gasteiger partial charge >= 0.3 is 0 Å². The van der Waals surface area contributed by atoms with E-state index in [-0.39, 0.29) is 6.04 Å². The van der Waals surface area contributed by atoms with Crippen molar-refractivity contribution in [3.05, 3.63) is 0 Å². The standard InChI is InChI=1S/C13H27N3/c1-11(14)12(2)15-7-9-16(10-8-15)13-5-3-4-6-13/h11-13H,3-10,14H2,1-2H3. The summed E-state index contributed by atoms with van der Waals surface area (Å²) >= 11 is 0. The Morgan fingerprint density at radius 3 is 2.06 bits per heavy atom. The molecule has 1 aliphatic heterocycles. The fourth-order valence-corrected chi connectivity index (χ4v) is 3.11. The molecule has 2 fully saturated rings. The number of rotatable bonds is 3. The third kappa shape index (κ3) is 2.76. The summed E-state index contributed by atoms with van der Waals surface area (Å²) in [4.78, 5) is 5.26. The van der Waals surface area contributed by atoms with Gasteiger partial charge in [-0.15, -0.1) is 0 Å². The summed E-state index contributed by atoms with van der Waals surface area (Å²) in [5, 5.41) is 0. The molecule has 1 heterocycles. The van der Waals surface area contributed by atoms with E-state index >= 15 is 0 Å². The van der Waals surface area contributed by atoms with Gasteiger partial charge in [0.15, 0.2) is 0 Å². The zero-order valence-corrected chi connectivity index (χ0v) is 10.9. The Morgan fingerprint density at radius 1 is 1.00 bits per heavy atom. The average Bonchev–Trinajstić information content (AvgIpc) is 2.81. The van der Waals surface area contributed by atoms with Gasteiger partial charge in [0.2, 0.25) is 0 Å². The van der Waals surface area contributed by atoms with E-state index in [4.69, 9.17) is 5.73 Å². The van der Waals surface area contributed by atoms with Crippen LogP contribution in [0.4, 0.5) is 0 Å². The zero-order chi connectivity index (χ0) is 11.5. The topological polar surface area (TPSA) is 32.5 Å². The molecule has 0 spiro atoms. The van der Waals surface area contributed by atoms with Gasteiger partial charge in [-0.1, -0.05) is 12.8 Å². The Kier molecular flexibility index (Phi) is 4.22. The Bertz CT molecular complexity index is 193. The summed E-state index contributed by atoms with van der Waals surface area (Å²) < 4.78 is 0. The van der Waals surface area contributed by atoms with Crippen LogP contribution in [0.5, 0.6) is 0 Å². The van der Waals surface area contributed by atoms with E-state index in [1.54, 1.807) is 0 Å². The first-order chi connectivity index (χ1) is 7.68. The molecule has 2 N–H and O–H groups in total. The fourth-order valence-electron chi connectivity index (χ4n) is 3.11. The van der Waals surface area contributed by atoms with Crippen LogP contribution in [-0.4, -0.2) is 54.1 Å². The van der Waals surface area contributed by atoms with E-state index in [1.807, 2.05) is 0 Å². The van der Waals surface area contributed by atoms with E-state index in [0.29, 0.717) is 6.04 Å². The zero-order valence-electron chi connectivity index (χ0n) is 10.9. The summed E-state index contributed by atoms with van der Waals surface area (Å²) in [6.07, 6.45) is 5.76. The third-order valence-corrected chi connectivity index (χ3v) is 4.53. The van der Waals surface area contributed by atoms with Gasteiger partial charge in [-0.25, -0.2) is 0 Å². The van der Waals surface area contributed by atoms with Crippen molar-refractivity contribution in [1.29, 1.82) is 0 Å². The van der Waals surface area contributed by atoms with Crippen LogP contribution in [-0.2, 0) is 0 Å². The molecule has 1 saturated carbocycles. The highest BCUT2D eigenvalue weighted by Crippen LogP contribution is 2.24. The van der Waals surface area contributed by atoms with Crippen molar-refractivity contribution >= 4 is 0 Å². The lowest BCUT2D eigenvalue weighted by Gasteiger charge is -2.41. The normalized spacial score (nSPS) is 29.4. The van der Waals surface area contributed by atoms with Gasteiger partial charge in [-0.2, -0.15) is 0 Å². The molecular formula is C13H27N3. The van der Waals surface area contributed by atoms with Crippen LogP contribution in [0.1, 0.15) is 39.5 Å². The highest BCUT2D eigenvalue weighted by atomic mass is 15.3. The third-order valence-electron chi connectivity index (χ3n) is 4.53. The Morgan fingerprint density at radius 2 is 1.56 bits per heavy atom. The van der Waals surface area contributed by atoms with Crippen LogP contribution in [0, 0.1) is 0 Å². The predicted octanol–water partition coefficient (Wildman–Crippen LogP) is 1.28. The Labute approximate surface area is 100.0 Å². The Balaban J connectivity index is 1.77. The number of hydrogen-bond donors (Lipinski definition) is 1. The SMILES string of the molecule is CC(N)C(C)N1CCN(C2CCCC2)CC1. The summed E-state index contributed by atoms with van der Waals surface area (Å²) in [5.74, 6) is 0. The monoisotopic (exact) mass is 225 g/mol.